The minimum Gasteiger partial charge on any atom is -0.397 e. The molecule has 4 heteroatoms. The Kier molecular flexibility index (Phi) is 4.82. The number of nitrogen functional groups attached to an aromatic ring is 1. The van der Waals surface area contributed by atoms with Gasteiger partial charge in [0.1, 0.15) is 0 Å². The van der Waals surface area contributed by atoms with Gasteiger partial charge in [-0.1, -0.05) is 19.9 Å². The standard InChI is InChI=1S/C13H21N3O/c1-9(2)7-16-13(17)8-15-12-6-10(3)4-5-11(12)14/h4-6,9,15H,7-8,14H2,1-3H3,(H,16,17). The Balaban J connectivity index is 2.44. The Morgan fingerprint density at radius 2 is 2.12 bits per heavy atom. The van der Waals surface area contributed by atoms with E-state index >= 15 is 0 Å². The molecule has 94 valence electrons. The average molecular weight is 235 g/mol. The van der Waals surface area contributed by atoms with Gasteiger partial charge < -0.3 is 16.4 Å². The van der Waals surface area contributed by atoms with Crippen LogP contribution in [-0.2, 0) is 4.79 Å². The number of anilines is 2. The fourth-order valence-electron chi connectivity index (χ4n) is 1.38. The van der Waals surface area contributed by atoms with Gasteiger partial charge in [0.15, 0.2) is 0 Å². The number of carbonyl (C=O) groups excluding carboxylic acids is 1. The van der Waals surface area contributed by atoms with Gasteiger partial charge in [-0.15, -0.1) is 0 Å². The molecule has 0 aromatic heterocycles. The van der Waals surface area contributed by atoms with Crippen LogP contribution in [-0.4, -0.2) is 19.0 Å². The van der Waals surface area contributed by atoms with E-state index in [1.54, 1.807) is 0 Å². The highest BCUT2D eigenvalue weighted by Crippen LogP contribution is 2.18. The molecular weight excluding hydrogens is 214 g/mol. The molecule has 0 saturated carbocycles. The van der Waals surface area contributed by atoms with Crippen molar-refractivity contribution in [1.82, 2.24) is 5.32 Å². The molecule has 1 aromatic carbocycles. The Bertz CT molecular complexity index is 388. The Hall–Kier alpha value is -1.71. The predicted octanol–water partition coefficient (Wildman–Crippen LogP) is 1.76. The summed E-state index contributed by atoms with van der Waals surface area (Å²) in [6, 6.07) is 5.72. The van der Waals surface area contributed by atoms with Crippen molar-refractivity contribution in [3.8, 4) is 0 Å². The number of nitrogens with two attached hydrogens (primary N) is 1. The van der Waals surface area contributed by atoms with Crippen LogP contribution in [0.1, 0.15) is 19.4 Å². The zero-order chi connectivity index (χ0) is 12.8. The Morgan fingerprint density at radius 3 is 2.76 bits per heavy atom. The fraction of sp³-hybridized carbons (Fsp3) is 0.462. The summed E-state index contributed by atoms with van der Waals surface area (Å²) in [5.41, 5.74) is 8.39. The number of hydrogen-bond donors (Lipinski definition) is 3. The first-order valence-corrected chi connectivity index (χ1v) is 5.85. The molecule has 0 bridgehead atoms. The van der Waals surface area contributed by atoms with E-state index in [4.69, 9.17) is 5.73 Å². The molecule has 0 fully saturated rings. The highest BCUT2D eigenvalue weighted by atomic mass is 16.1. The summed E-state index contributed by atoms with van der Waals surface area (Å²) in [4.78, 5) is 11.5. The van der Waals surface area contributed by atoms with Gasteiger partial charge in [0.2, 0.25) is 5.91 Å². The molecule has 1 amide bonds. The second-order valence-corrected chi connectivity index (χ2v) is 4.64. The fourth-order valence-corrected chi connectivity index (χ4v) is 1.38. The molecule has 0 spiro atoms. The van der Waals surface area contributed by atoms with Gasteiger partial charge in [-0.25, -0.2) is 0 Å². The van der Waals surface area contributed by atoms with Crippen molar-refractivity contribution in [2.45, 2.75) is 20.8 Å². The molecule has 0 radical (unpaired) electrons. The van der Waals surface area contributed by atoms with Gasteiger partial charge in [-0.05, 0) is 30.5 Å². The average Bonchev–Trinajstić information content (AvgIpc) is 2.27. The lowest BCUT2D eigenvalue weighted by Crippen LogP contribution is -2.32. The first-order valence-electron chi connectivity index (χ1n) is 5.85. The molecule has 1 aromatic rings. The van der Waals surface area contributed by atoms with Gasteiger partial charge in [0.25, 0.3) is 0 Å². The molecule has 0 saturated heterocycles. The van der Waals surface area contributed by atoms with Crippen LogP contribution >= 0.6 is 0 Å². The lowest BCUT2D eigenvalue weighted by Gasteiger charge is -2.11. The number of amides is 1. The molecule has 1 rings (SSSR count). The monoisotopic (exact) mass is 235 g/mol. The van der Waals surface area contributed by atoms with Gasteiger partial charge >= 0.3 is 0 Å². The molecule has 0 aliphatic rings. The Morgan fingerprint density at radius 1 is 1.41 bits per heavy atom. The number of rotatable bonds is 5. The molecular formula is C13H21N3O. The maximum Gasteiger partial charge on any atom is 0.239 e. The number of nitrogens with one attached hydrogen (secondary N) is 2. The SMILES string of the molecule is Cc1ccc(N)c(NCC(=O)NCC(C)C)c1. The first-order chi connectivity index (χ1) is 7.99. The lowest BCUT2D eigenvalue weighted by atomic mass is 10.2. The third-order valence-corrected chi connectivity index (χ3v) is 2.36. The predicted molar refractivity (Wildman–Crippen MR) is 71.9 cm³/mol. The molecule has 0 aliphatic carbocycles. The van der Waals surface area contributed by atoms with Crippen LogP contribution in [0.15, 0.2) is 18.2 Å². The largest absolute Gasteiger partial charge is 0.397 e. The van der Waals surface area contributed by atoms with Crippen LogP contribution in [0.4, 0.5) is 11.4 Å². The molecule has 4 N–H and O–H groups in total. The number of carbonyl (C=O) groups is 1. The smallest absolute Gasteiger partial charge is 0.239 e. The van der Waals surface area contributed by atoms with Gasteiger partial charge in [-0.2, -0.15) is 0 Å². The van der Waals surface area contributed by atoms with Crippen molar-refractivity contribution in [2.75, 3.05) is 24.1 Å². The summed E-state index contributed by atoms with van der Waals surface area (Å²) >= 11 is 0. The summed E-state index contributed by atoms with van der Waals surface area (Å²) in [6.45, 7) is 7.06. The summed E-state index contributed by atoms with van der Waals surface area (Å²) < 4.78 is 0. The molecule has 0 unspecified atom stereocenters. The van der Waals surface area contributed by atoms with E-state index in [1.165, 1.54) is 0 Å². The normalized spacial score (nSPS) is 10.4. The van der Waals surface area contributed by atoms with E-state index in [0.717, 1.165) is 11.3 Å². The third kappa shape index (κ3) is 4.76. The van der Waals surface area contributed by atoms with Crippen molar-refractivity contribution >= 4 is 17.3 Å². The van der Waals surface area contributed by atoms with Gasteiger partial charge in [0.05, 0.1) is 17.9 Å². The quantitative estimate of drug-likeness (QED) is 0.681. The molecule has 0 heterocycles. The van der Waals surface area contributed by atoms with Crippen LogP contribution in [0.25, 0.3) is 0 Å². The summed E-state index contributed by atoms with van der Waals surface area (Å²) in [5, 5.41) is 5.88. The number of aryl methyl sites for hydroxylation is 1. The minimum absolute atomic E-state index is 0.0143. The van der Waals surface area contributed by atoms with E-state index in [2.05, 4.69) is 24.5 Å². The van der Waals surface area contributed by atoms with Crippen molar-refractivity contribution in [1.29, 1.82) is 0 Å². The molecule has 4 nitrogen and oxygen atoms in total. The van der Waals surface area contributed by atoms with Crippen molar-refractivity contribution in [2.24, 2.45) is 5.92 Å². The van der Waals surface area contributed by atoms with Crippen LogP contribution in [0.5, 0.6) is 0 Å². The zero-order valence-electron chi connectivity index (χ0n) is 10.7. The maximum absolute atomic E-state index is 11.5. The van der Waals surface area contributed by atoms with E-state index in [9.17, 15) is 4.79 Å². The maximum atomic E-state index is 11.5. The van der Waals surface area contributed by atoms with Crippen LogP contribution in [0.3, 0.4) is 0 Å². The minimum atomic E-state index is -0.0143. The van der Waals surface area contributed by atoms with Crippen LogP contribution in [0.2, 0.25) is 0 Å². The highest BCUT2D eigenvalue weighted by Gasteiger charge is 2.04. The summed E-state index contributed by atoms with van der Waals surface area (Å²) in [6.07, 6.45) is 0. The summed E-state index contributed by atoms with van der Waals surface area (Å²) in [5.74, 6) is 0.447. The first kappa shape index (κ1) is 13.4. The highest BCUT2D eigenvalue weighted by molar-refractivity contribution is 5.82. The molecule has 17 heavy (non-hydrogen) atoms. The number of benzene rings is 1. The van der Waals surface area contributed by atoms with E-state index in [1.807, 2.05) is 25.1 Å². The van der Waals surface area contributed by atoms with E-state index in [-0.39, 0.29) is 12.5 Å². The van der Waals surface area contributed by atoms with Crippen LogP contribution < -0.4 is 16.4 Å². The molecule has 0 atom stereocenters. The van der Waals surface area contributed by atoms with Gasteiger partial charge in [-0.3, -0.25) is 4.79 Å². The lowest BCUT2D eigenvalue weighted by molar-refractivity contribution is -0.119. The number of hydrogen-bond acceptors (Lipinski definition) is 3. The second-order valence-electron chi connectivity index (χ2n) is 4.64. The van der Waals surface area contributed by atoms with Crippen molar-refractivity contribution in [3.63, 3.8) is 0 Å². The van der Waals surface area contributed by atoms with Gasteiger partial charge in [0, 0.05) is 6.54 Å². The third-order valence-electron chi connectivity index (χ3n) is 2.36. The van der Waals surface area contributed by atoms with Crippen LogP contribution in [0, 0.1) is 12.8 Å². The zero-order valence-corrected chi connectivity index (χ0v) is 10.7. The topological polar surface area (TPSA) is 67.1 Å². The molecule has 0 aliphatic heterocycles. The summed E-state index contributed by atoms with van der Waals surface area (Å²) in [7, 11) is 0. The second kappa shape index (κ2) is 6.13. The Labute approximate surface area is 103 Å². The van der Waals surface area contributed by atoms with E-state index in [0.29, 0.717) is 18.2 Å². The van der Waals surface area contributed by atoms with E-state index < -0.39 is 0 Å². The van der Waals surface area contributed by atoms with Crippen molar-refractivity contribution in [3.05, 3.63) is 23.8 Å². The van der Waals surface area contributed by atoms with Crippen molar-refractivity contribution < 1.29 is 4.79 Å².